The molecule has 0 saturated carbocycles. The first kappa shape index (κ1) is 13.3. The van der Waals surface area contributed by atoms with Gasteiger partial charge in [-0.15, -0.1) is 0 Å². The summed E-state index contributed by atoms with van der Waals surface area (Å²) in [7, 11) is 0. The smallest absolute Gasteiger partial charge is 0.263 e. The zero-order valence-corrected chi connectivity index (χ0v) is 11.4. The standard InChI is InChI=1S/C13H18N4O3/c1-8-11-12(15-7-16-13(11)20-17-8)14-6-10(18)9-2-4-19-5-3-9/h7,9-10,18H,2-6H2,1H3,(H,14,15,16). The predicted octanol–water partition coefficient (Wildman–Crippen LogP) is 1.13. The van der Waals surface area contributed by atoms with Crippen molar-refractivity contribution in [1.29, 1.82) is 0 Å². The molecule has 2 aromatic heterocycles. The van der Waals surface area contributed by atoms with Crippen molar-refractivity contribution in [2.24, 2.45) is 5.92 Å². The largest absolute Gasteiger partial charge is 0.391 e. The van der Waals surface area contributed by atoms with Gasteiger partial charge in [-0.3, -0.25) is 0 Å². The molecule has 3 heterocycles. The van der Waals surface area contributed by atoms with Crippen molar-refractivity contribution in [3.05, 3.63) is 12.0 Å². The van der Waals surface area contributed by atoms with Crippen LogP contribution in [0.4, 0.5) is 5.82 Å². The Morgan fingerprint density at radius 2 is 2.20 bits per heavy atom. The lowest BCUT2D eigenvalue weighted by atomic mass is 9.94. The van der Waals surface area contributed by atoms with Gasteiger partial charge in [0.05, 0.1) is 11.8 Å². The third kappa shape index (κ3) is 2.59. The van der Waals surface area contributed by atoms with Crippen molar-refractivity contribution in [2.75, 3.05) is 25.1 Å². The molecule has 0 spiro atoms. The van der Waals surface area contributed by atoms with E-state index < -0.39 is 6.10 Å². The molecule has 1 saturated heterocycles. The number of aliphatic hydroxyl groups excluding tert-OH is 1. The molecule has 7 nitrogen and oxygen atoms in total. The SMILES string of the molecule is Cc1noc2ncnc(NCC(O)C3CCOCC3)c12. The first-order chi connectivity index (χ1) is 9.75. The molecule has 1 unspecified atom stereocenters. The minimum Gasteiger partial charge on any atom is -0.391 e. The maximum atomic E-state index is 10.2. The van der Waals surface area contributed by atoms with Crippen molar-refractivity contribution >= 4 is 16.9 Å². The number of aromatic nitrogens is 3. The van der Waals surface area contributed by atoms with Crippen LogP contribution in [0.2, 0.25) is 0 Å². The molecule has 2 aromatic rings. The van der Waals surface area contributed by atoms with Crippen LogP contribution in [-0.4, -0.2) is 46.1 Å². The van der Waals surface area contributed by atoms with Crippen molar-refractivity contribution in [2.45, 2.75) is 25.9 Å². The molecule has 2 N–H and O–H groups in total. The Balaban J connectivity index is 1.68. The van der Waals surface area contributed by atoms with Crippen LogP contribution in [0.15, 0.2) is 10.9 Å². The second kappa shape index (κ2) is 5.72. The highest BCUT2D eigenvalue weighted by Crippen LogP contribution is 2.23. The van der Waals surface area contributed by atoms with Gasteiger partial charge in [0, 0.05) is 19.8 Å². The Labute approximate surface area is 116 Å². The molecule has 0 amide bonds. The quantitative estimate of drug-likeness (QED) is 0.865. The normalized spacial score (nSPS) is 18.3. The van der Waals surface area contributed by atoms with Crippen molar-refractivity contribution in [1.82, 2.24) is 15.1 Å². The van der Waals surface area contributed by atoms with Crippen molar-refractivity contribution in [3.63, 3.8) is 0 Å². The van der Waals surface area contributed by atoms with Crippen LogP contribution in [0.5, 0.6) is 0 Å². The van der Waals surface area contributed by atoms with Gasteiger partial charge < -0.3 is 19.7 Å². The zero-order valence-electron chi connectivity index (χ0n) is 11.4. The summed E-state index contributed by atoms with van der Waals surface area (Å²) in [4.78, 5) is 8.22. The van der Waals surface area contributed by atoms with E-state index in [0.717, 1.165) is 37.1 Å². The second-order valence-electron chi connectivity index (χ2n) is 5.07. The van der Waals surface area contributed by atoms with E-state index in [0.29, 0.717) is 18.1 Å². The van der Waals surface area contributed by atoms with E-state index >= 15 is 0 Å². The number of hydrogen-bond donors (Lipinski definition) is 2. The number of hydrogen-bond acceptors (Lipinski definition) is 7. The van der Waals surface area contributed by atoms with Gasteiger partial charge >= 0.3 is 0 Å². The minimum atomic E-state index is -0.413. The number of ether oxygens (including phenoxy) is 1. The molecule has 1 aliphatic rings. The second-order valence-corrected chi connectivity index (χ2v) is 5.07. The summed E-state index contributed by atoms with van der Waals surface area (Å²) < 4.78 is 10.4. The Morgan fingerprint density at radius 1 is 1.40 bits per heavy atom. The van der Waals surface area contributed by atoms with E-state index in [1.165, 1.54) is 6.33 Å². The topological polar surface area (TPSA) is 93.3 Å². The van der Waals surface area contributed by atoms with Gasteiger partial charge in [-0.05, 0) is 25.7 Å². The van der Waals surface area contributed by atoms with Crippen LogP contribution in [0, 0.1) is 12.8 Å². The molecule has 0 aliphatic carbocycles. The highest BCUT2D eigenvalue weighted by atomic mass is 16.5. The van der Waals surface area contributed by atoms with Crippen molar-refractivity contribution in [3.8, 4) is 0 Å². The summed E-state index contributed by atoms with van der Waals surface area (Å²) in [6, 6.07) is 0. The van der Waals surface area contributed by atoms with E-state index in [1.807, 2.05) is 6.92 Å². The van der Waals surface area contributed by atoms with Gasteiger partial charge in [0.25, 0.3) is 5.71 Å². The lowest BCUT2D eigenvalue weighted by Gasteiger charge is -2.26. The van der Waals surface area contributed by atoms with Gasteiger partial charge in [0.15, 0.2) is 0 Å². The molecule has 20 heavy (non-hydrogen) atoms. The third-order valence-corrected chi connectivity index (χ3v) is 3.73. The zero-order chi connectivity index (χ0) is 13.9. The van der Waals surface area contributed by atoms with Crippen LogP contribution in [0.3, 0.4) is 0 Å². The Kier molecular flexibility index (Phi) is 3.79. The molecule has 3 rings (SSSR count). The Bertz CT molecular complexity index is 580. The summed E-state index contributed by atoms with van der Waals surface area (Å²) in [5, 5.41) is 18.0. The number of nitrogens with one attached hydrogen (secondary N) is 1. The molecule has 1 fully saturated rings. The van der Waals surface area contributed by atoms with Crippen LogP contribution in [0.25, 0.3) is 11.1 Å². The van der Waals surface area contributed by atoms with Gasteiger partial charge in [0.2, 0.25) is 0 Å². The molecule has 0 radical (unpaired) electrons. The molecule has 0 aromatic carbocycles. The Morgan fingerprint density at radius 3 is 3.00 bits per heavy atom. The maximum Gasteiger partial charge on any atom is 0.263 e. The fourth-order valence-corrected chi connectivity index (χ4v) is 2.52. The highest BCUT2D eigenvalue weighted by molar-refractivity contribution is 5.87. The number of aryl methyl sites for hydroxylation is 1. The lowest BCUT2D eigenvalue weighted by Crippen LogP contribution is -2.32. The highest BCUT2D eigenvalue weighted by Gasteiger charge is 2.22. The molecular formula is C13H18N4O3. The summed E-state index contributed by atoms with van der Waals surface area (Å²) in [6.45, 7) is 3.74. The van der Waals surface area contributed by atoms with Crippen LogP contribution in [-0.2, 0) is 4.74 Å². The number of nitrogens with zero attached hydrogens (tertiary/aromatic N) is 3. The van der Waals surface area contributed by atoms with Gasteiger partial charge in [-0.25, -0.2) is 4.98 Å². The summed E-state index contributed by atoms with van der Waals surface area (Å²) in [5.74, 6) is 0.928. The molecule has 7 heteroatoms. The number of aliphatic hydroxyl groups is 1. The van der Waals surface area contributed by atoms with Gasteiger partial charge in [-0.2, -0.15) is 4.98 Å². The number of anilines is 1. The first-order valence-electron chi connectivity index (χ1n) is 6.82. The van der Waals surface area contributed by atoms with E-state index in [4.69, 9.17) is 9.26 Å². The fraction of sp³-hybridized carbons (Fsp3) is 0.615. The molecule has 1 aliphatic heterocycles. The average Bonchev–Trinajstić information content (AvgIpc) is 2.88. The summed E-state index contributed by atoms with van der Waals surface area (Å²) in [5.41, 5.74) is 1.20. The number of fused-ring (bicyclic) bond motifs is 1. The van der Waals surface area contributed by atoms with Gasteiger partial charge in [-0.1, -0.05) is 5.16 Å². The summed E-state index contributed by atoms with van der Waals surface area (Å²) >= 11 is 0. The average molecular weight is 278 g/mol. The predicted molar refractivity (Wildman–Crippen MR) is 72.4 cm³/mol. The monoisotopic (exact) mass is 278 g/mol. The van der Waals surface area contributed by atoms with E-state index in [-0.39, 0.29) is 5.92 Å². The lowest BCUT2D eigenvalue weighted by molar-refractivity contribution is 0.0131. The van der Waals surface area contributed by atoms with E-state index in [9.17, 15) is 5.11 Å². The maximum absolute atomic E-state index is 10.2. The van der Waals surface area contributed by atoms with E-state index in [1.54, 1.807) is 0 Å². The van der Waals surface area contributed by atoms with Gasteiger partial charge in [0.1, 0.15) is 17.5 Å². The fourth-order valence-electron chi connectivity index (χ4n) is 2.52. The van der Waals surface area contributed by atoms with E-state index in [2.05, 4.69) is 20.4 Å². The van der Waals surface area contributed by atoms with Crippen LogP contribution >= 0.6 is 0 Å². The van der Waals surface area contributed by atoms with Crippen LogP contribution < -0.4 is 5.32 Å². The molecule has 0 bridgehead atoms. The number of rotatable bonds is 4. The first-order valence-corrected chi connectivity index (χ1v) is 6.82. The van der Waals surface area contributed by atoms with Crippen LogP contribution in [0.1, 0.15) is 18.5 Å². The Hall–Kier alpha value is -1.73. The third-order valence-electron chi connectivity index (χ3n) is 3.73. The summed E-state index contributed by atoms with van der Waals surface area (Å²) in [6.07, 6.45) is 2.81. The van der Waals surface area contributed by atoms with Crippen molar-refractivity contribution < 1.29 is 14.4 Å². The molecule has 1 atom stereocenters. The minimum absolute atomic E-state index is 0.275. The molecular weight excluding hydrogens is 260 g/mol. The molecule has 108 valence electrons.